The first-order chi connectivity index (χ1) is 22.7. The third-order valence-electron chi connectivity index (χ3n) is 9.03. The van der Waals surface area contributed by atoms with E-state index < -0.39 is 47.3 Å². The third-order valence-corrected chi connectivity index (χ3v) is 9.03. The van der Waals surface area contributed by atoms with Crippen LogP contribution >= 0.6 is 0 Å². The van der Waals surface area contributed by atoms with Crippen molar-refractivity contribution in [2.24, 2.45) is 0 Å². The maximum atomic E-state index is 13.6. The number of aryl methyl sites for hydroxylation is 1. The number of ether oxygens (including phenoxy) is 2. The molecule has 3 fully saturated rings. The second-order valence-corrected chi connectivity index (χ2v) is 12.2. The molecule has 0 radical (unpaired) electrons. The number of hydrogen-bond donors (Lipinski definition) is 0. The van der Waals surface area contributed by atoms with Crippen LogP contribution in [-0.4, -0.2) is 71.1 Å². The van der Waals surface area contributed by atoms with Gasteiger partial charge in [0.25, 0.3) is 0 Å². The van der Waals surface area contributed by atoms with Gasteiger partial charge >= 0.3 is 18.4 Å². The Morgan fingerprint density at radius 3 is 2.19 bits per heavy atom. The Bertz CT molecular complexity index is 1670. The van der Waals surface area contributed by atoms with Gasteiger partial charge in [-0.25, -0.2) is 14.8 Å². The molecule has 2 amide bonds. The molecule has 2 aromatic carbocycles. The van der Waals surface area contributed by atoms with Gasteiger partial charge in [-0.1, -0.05) is 6.07 Å². The van der Waals surface area contributed by atoms with E-state index in [0.717, 1.165) is 44.6 Å². The first-order valence-corrected chi connectivity index (χ1v) is 15.6. The molecule has 1 aromatic heterocycles. The average molecular weight is 678 g/mol. The molecule has 3 aromatic rings. The number of cyclic esters (lactones) is 1. The van der Waals surface area contributed by atoms with Crippen LogP contribution in [-0.2, 0) is 34.8 Å². The largest absolute Gasteiger partial charge is 0.496 e. The zero-order chi connectivity index (χ0) is 34.4. The van der Waals surface area contributed by atoms with Gasteiger partial charge in [-0.3, -0.25) is 9.69 Å². The maximum Gasteiger partial charge on any atom is 0.416 e. The van der Waals surface area contributed by atoms with Gasteiger partial charge in [0.05, 0.1) is 36.5 Å². The predicted molar refractivity (Wildman–Crippen MR) is 161 cm³/mol. The van der Waals surface area contributed by atoms with Crippen LogP contribution in [0.5, 0.6) is 5.75 Å². The first-order valence-electron chi connectivity index (χ1n) is 15.6. The minimum absolute atomic E-state index is 0.0373. The Balaban J connectivity index is 1.33. The monoisotopic (exact) mass is 677 g/mol. The summed E-state index contributed by atoms with van der Waals surface area (Å²) >= 11 is 0. The number of amides is 2. The number of carbonyl (C=O) groups is 2. The molecule has 6 rings (SSSR count). The minimum Gasteiger partial charge on any atom is -0.496 e. The van der Waals surface area contributed by atoms with Crippen molar-refractivity contribution in [3.05, 3.63) is 70.5 Å². The maximum absolute atomic E-state index is 13.6. The fourth-order valence-corrected chi connectivity index (χ4v) is 5.98. The van der Waals surface area contributed by atoms with Crippen molar-refractivity contribution in [1.82, 2.24) is 19.8 Å². The number of likely N-dealkylation sites (tertiary alicyclic amines) is 1. The van der Waals surface area contributed by atoms with Crippen molar-refractivity contribution in [2.75, 3.05) is 38.2 Å². The molecule has 0 saturated carbocycles. The van der Waals surface area contributed by atoms with E-state index >= 15 is 0 Å². The van der Waals surface area contributed by atoms with Gasteiger partial charge < -0.3 is 19.3 Å². The van der Waals surface area contributed by atoms with Crippen molar-refractivity contribution in [2.45, 2.75) is 63.7 Å². The van der Waals surface area contributed by atoms with E-state index in [-0.39, 0.29) is 18.5 Å². The van der Waals surface area contributed by atoms with Crippen molar-refractivity contribution >= 4 is 17.9 Å². The second-order valence-electron chi connectivity index (χ2n) is 12.2. The van der Waals surface area contributed by atoms with E-state index in [2.05, 4.69) is 4.98 Å². The number of hydrogen-bond acceptors (Lipinski definition) is 7. The molecule has 9 nitrogen and oxygen atoms in total. The fourth-order valence-electron chi connectivity index (χ4n) is 5.98. The molecular formula is C33H33F6N5O4. The van der Waals surface area contributed by atoms with E-state index in [1.807, 2.05) is 17.0 Å². The molecular weight excluding hydrogens is 644 g/mol. The number of aromatic nitrogens is 2. The summed E-state index contributed by atoms with van der Waals surface area (Å²) in [6.07, 6.45) is -8.10. The van der Waals surface area contributed by atoms with Gasteiger partial charge in [0.1, 0.15) is 11.9 Å². The number of nitrogens with zero attached hydrogens (tertiary/aromatic N) is 5. The number of methoxy groups -OCH3 is 1. The number of carbonyl (C=O) groups excluding carboxylic acids is 2. The summed E-state index contributed by atoms with van der Waals surface area (Å²) in [5.41, 5.74) is -1.07. The molecule has 0 aliphatic carbocycles. The van der Waals surface area contributed by atoms with E-state index in [0.29, 0.717) is 53.5 Å². The van der Waals surface area contributed by atoms with Gasteiger partial charge in [-0.2, -0.15) is 26.3 Å². The molecule has 1 unspecified atom stereocenters. The first kappa shape index (κ1) is 33.3. The summed E-state index contributed by atoms with van der Waals surface area (Å²) in [5, 5.41) is 0. The number of rotatable bonds is 9. The summed E-state index contributed by atoms with van der Waals surface area (Å²) in [4.78, 5) is 40.0. The molecule has 3 aliphatic rings. The summed E-state index contributed by atoms with van der Waals surface area (Å²) in [7, 11) is 1.50. The summed E-state index contributed by atoms with van der Waals surface area (Å²) in [6, 6.07) is 5.72. The van der Waals surface area contributed by atoms with Gasteiger partial charge in [0.2, 0.25) is 11.9 Å². The van der Waals surface area contributed by atoms with E-state index in [1.165, 1.54) is 18.9 Å². The van der Waals surface area contributed by atoms with E-state index in [1.54, 1.807) is 17.2 Å². The van der Waals surface area contributed by atoms with E-state index in [9.17, 15) is 35.9 Å². The topological polar surface area (TPSA) is 88.1 Å². The van der Waals surface area contributed by atoms with Gasteiger partial charge in [-0.05, 0) is 67.6 Å². The lowest BCUT2D eigenvalue weighted by molar-refractivity contribution is -0.143. The van der Waals surface area contributed by atoms with Crippen molar-refractivity contribution in [3.63, 3.8) is 0 Å². The molecule has 0 spiro atoms. The standard InChI is InChI=1S/C33H33F6N5O4/c1-19-29(21-14-22(32(34,35)36)16-23(15-21)33(37,38)39)48-31(46)44(19)18-26-25(17-40-30(41-26)43-11-4-12-43)24-13-20(5-7-27(24)47-2)6-8-28(45)42-9-3-10-42/h5,7,13-17,19,29H,3-4,6,8-12,18H2,1-2H3/t19?,29-/m0/s1. The summed E-state index contributed by atoms with van der Waals surface area (Å²) in [6.45, 7) is 4.28. The second kappa shape index (κ2) is 12.8. The van der Waals surface area contributed by atoms with Crippen LogP contribution in [0.15, 0.2) is 42.6 Å². The van der Waals surface area contributed by atoms with Crippen LogP contribution in [0.4, 0.5) is 37.1 Å². The molecule has 15 heteroatoms. The Hall–Kier alpha value is -4.56. The van der Waals surface area contributed by atoms with Crippen molar-refractivity contribution < 1.29 is 45.4 Å². The molecule has 0 N–H and O–H groups in total. The molecule has 2 atom stereocenters. The fraction of sp³-hybridized carbons (Fsp3) is 0.455. The highest BCUT2D eigenvalue weighted by molar-refractivity contribution is 5.78. The van der Waals surface area contributed by atoms with Gasteiger partial charge in [-0.15, -0.1) is 0 Å². The number of anilines is 1. The summed E-state index contributed by atoms with van der Waals surface area (Å²) < 4.78 is 92.7. The lowest BCUT2D eigenvalue weighted by atomic mass is 9.97. The average Bonchev–Trinajstić information content (AvgIpc) is 3.25. The smallest absolute Gasteiger partial charge is 0.416 e. The molecule has 3 aliphatic heterocycles. The van der Waals surface area contributed by atoms with Crippen LogP contribution in [0.2, 0.25) is 0 Å². The SMILES string of the molecule is COc1ccc(CCC(=O)N2CCC2)cc1-c1cnc(N2CCC2)nc1CN1C(=O)O[C@H](c2cc(C(F)(F)F)cc(C(F)(F)F)c2)C1C. The van der Waals surface area contributed by atoms with Crippen molar-refractivity contribution in [1.29, 1.82) is 0 Å². The van der Waals surface area contributed by atoms with E-state index in [4.69, 9.17) is 14.5 Å². The Morgan fingerprint density at radius 2 is 1.62 bits per heavy atom. The highest BCUT2D eigenvalue weighted by Crippen LogP contribution is 2.42. The van der Waals surface area contributed by atoms with Crippen LogP contribution in [0.25, 0.3) is 11.1 Å². The summed E-state index contributed by atoms with van der Waals surface area (Å²) in [5.74, 6) is 0.966. The normalized spacial score (nSPS) is 19.6. The Morgan fingerprint density at radius 1 is 0.958 bits per heavy atom. The number of alkyl halides is 6. The minimum atomic E-state index is -5.06. The van der Waals surface area contributed by atoms with Gasteiger partial charge in [0, 0.05) is 49.9 Å². The number of benzene rings is 2. The molecule has 3 saturated heterocycles. The lowest BCUT2D eigenvalue weighted by Crippen LogP contribution is -2.42. The third kappa shape index (κ3) is 6.72. The van der Waals surface area contributed by atoms with Crippen LogP contribution < -0.4 is 9.64 Å². The van der Waals surface area contributed by atoms with Gasteiger partial charge in [0.15, 0.2) is 0 Å². The molecule has 48 heavy (non-hydrogen) atoms. The lowest BCUT2D eigenvalue weighted by Gasteiger charge is -2.31. The Kier molecular flexibility index (Phi) is 8.90. The molecule has 0 bridgehead atoms. The zero-order valence-corrected chi connectivity index (χ0v) is 26.2. The molecule has 4 heterocycles. The van der Waals surface area contributed by atoms with Crippen molar-refractivity contribution in [3.8, 4) is 16.9 Å². The van der Waals surface area contributed by atoms with Crippen LogP contribution in [0.3, 0.4) is 0 Å². The quantitative estimate of drug-likeness (QED) is 0.235. The zero-order valence-electron chi connectivity index (χ0n) is 26.2. The number of halogens is 6. The highest BCUT2D eigenvalue weighted by atomic mass is 19.4. The molecule has 256 valence electrons. The predicted octanol–water partition coefficient (Wildman–Crippen LogP) is 6.65. The van der Waals surface area contributed by atoms with Crippen LogP contribution in [0, 0.1) is 0 Å². The Labute approximate surface area is 272 Å². The highest BCUT2D eigenvalue weighted by Gasteiger charge is 2.44. The van der Waals surface area contributed by atoms with Crippen LogP contribution in [0.1, 0.15) is 60.2 Å².